The van der Waals surface area contributed by atoms with Gasteiger partial charge in [-0.15, -0.1) is 0 Å². The van der Waals surface area contributed by atoms with E-state index in [0.29, 0.717) is 13.0 Å². The third-order valence-electron chi connectivity index (χ3n) is 6.09. The van der Waals surface area contributed by atoms with E-state index < -0.39 is 0 Å². The molecule has 1 atom stereocenters. The van der Waals surface area contributed by atoms with Crippen molar-refractivity contribution >= 4 is 16.9 Å². The quantitative estimate of drug-likeness (QED) is 0.373. The van der Waals surface area contributed by atoms with Gasteiger partial charge in [0.1, 0.15) is 5.82 Å². The fourth-order valence-corrected chi connectivity index (χ4v) is 4.16. The number of imidazole rings is 1. The molecular weight excluding hydrogens is 406 g/mol. The Kier molecular flexibility index (Phi) is 6.64. The zero-order valence-electron chi connectivity index (χ0n) is 20.0. The Hall–Kier alpha value is -3.40. The summed E-state index contributed by atoms with van der Waals surface area (Å²) >= 11 is 0. The minimum absolute atomic E-state index is 0.0412. The second kappa shape index (κ2) is 9.62. The summed E-state index contributed by atoms with van der Waals surface area (Å²) in [4.78, 5) is 17.6. The maximum atomic E-state index is 12.7. The van der Waals surface area contributed by atoms with E-state index in [-0.39, 0.29) is 17.4 Å². The fraction of sp³-hybridized carbons (Fsp3) is 0.310. The van der Waals surface area contributed by atoms with Crippen LogP contribution in [-0.4, -0.2) is 15.5 Å². The van der Waals surface area contributed by atoms with E-state index in [0.717, 1.165) is 23.3 Å². The van der Waals surface area contributed by atoms with Crippen LogP contribution in [0.2, 0.25) is 0 Å². The van der Waals surface area contributed by atoms with Gasteiger partial charge in [-0.3, -0.25) is 4.79 Å². The van der Waals surface area contributed by atoms with E-state index in [9.17, 15) is 4.79 Å². The number of para-hydroxylation sites is 2. The average Bonchev–Trinajstić information content (AvgIpc) is 3.17. The summed E-state index contributed by atoms with van der Waals surface area (Å²) in [6, 6.07) is 26.9. The minimum atomic E-state index is -0.186. The van der Waals surface area contributed by atoms with E-state index in [2.05, 4.69) is 73.1 Å². The van der Waals surface area contributed by atoms with Crippen LogP contribution in [0, 0.1) is 0 Å². The molecule has 0 aliphatic carbocycles. The van der Waals surface area contributed by atoms with E-state index in [1.165, 1.54) is 16.7 Å². The lowest BCUT2D eigenvalue weighted by atomic mass is 9.87. The lowest BCUT2D eigenvalue weighted by Crippen LogP contribution is -2.29. The number of nitrogens with zero attached hydrogens (tertiary/aromatic N) is 2. The molecule has 4 nitrogen and oxygen atoms in total. The van der Waals surface area contributed by atoms with Gasteiger partial charge in [0, 0.05) is 13.0 Å². The van der Waals surface area contributed by atoms with E-state index in [4.69, 9.17) is 4.98 Å². The van der Waals surface area contributed by atoms with Gasteiger partial charge in [0.05, 0.1) is 17.1 Å². The molecule has 1 unspecified atom stereocenters. The predicted octanol–water partition coefficient (Wildman–Crippen LogP) is 6.19. The second-order valence-electron chi connectivity index (χ2n) is 9.77. The van der Waals surface area contributed by atoms with Crippen molar-refractivity contribution in [1.82, 2.24) is 14.9 Å². The van der Waals surface area contributed by atoms with Crippen molar-refractivity contribution in [1.29, 1.82) is 0 Å². The number of aryl methyl sites for hydroxylation is 1. The minimum Gasteiger partial charge on any atom is -0.346 e. The molecule has 1 heterocycles. The summed E-state index contributed by atoms with van der Waals surface area (Å²) < 4.78 is 2.23. The van der Waals surface area contributed by atoms with Crippen LogP contribution in [0.15, 0.2) is 78.9 Å². The lowest BCUT2D eigenvalue weighted by Gasteiger charge is -2.20. The molecule has 4 aromatic rings. The van der Waals surface area contributed by atoms with Crippen LogP contribution in [0.3, 0.4) is 0 Å². The third-order valence-corrected chi connectivity index (χ3v) is 6.09. The summed E-state index contributed by atoms with van der Waals surface area (Å²) in [5.74, 6) is 0.920. The molecular formula is C29H33N3O. The summed E-state index contributed by atoms with van der Waals surface area (Å²) in [7, 11) is 0. The number of benzene rings is 3. The van der Waals surface area contributed by atoms with Gasteiger partial charge in [-0.2, -0.15) is 0 Å². The first kappa shape index (κ1) is 22.8. The van der Waals surface area contributed by atoms with Crippen LogP contribution in [0.1, 0.15) is 62.7 Å². The number of nitrogens with one attached hydrogen (secondary N) is 1. The molecule has 1 N–H and O–H groups in total. The molecule has 0 fully saturated rings. The normalized spacial score (nSPS) is 12.6. The smallest absolute Gasteiger partial charge is 0.220 e. The summed E-state index contributed by atoms with van der Waals surface area (Å²) in [6.45, 7) is 9.41. The van der Waals surface area contributed by atoms with Crippen LogP contribution in [0.25, 0.3) is 11.0 Å². The van der Waals surface area contributed by atoms with Gasteiger partial charge >= 0.3 is 0 Å². The molecule has 0 aliphatic rings. The molecule has 3 aromatic carbocycles. The largest absolute Gasteiger partial charge is 0.346 e. The molecule has 1 aromatic heterocycles. The highest BCUT2D eigenvalue weighted by molar-refractivity contribution is 5.78. The Balaban J connectivity index is 1.53. The Morgan fingerprint density at radius 2 is 1.58 bits per heavy atom. The van der Waals surface area contributed by atoms with Gasteiger partial charge in [0.2, 0.25) is 5.91 Å². The van der Waals surface area contributed by atoms with Crippen molar-refractivity contribution in [2.45, 2.75) is 58.5 Å². The second-order valence-corrected chi connectivity index (χ2v) is 9.77. The number of rotatable bonds is 7. The molecule has 0 saturated heterocycles. The predicted molar refractivity (Wildman–Crippen MR) is 135 cm³/mol. The van der Waals surface area contributed by atoms with Crippen LogP contribution >= 0.6 is 0 Å². The van der Waals surface area contributed by atoms with E-state index in [1.807, 2.05) is 43.3 Å². The third kappa shape index (κ3) is 5.51. The maximum absolute atomic E-state index is 12.7. The number of carbonyl (C=O) groups is 1. The Bertz CT molecular complexity index is 1220. The SMILES string of the molecule is CC(NC(=O)CCc1ccccc1)c1nc2ccccc2n1Cc1ccc(C(C)(C)C)cc1. The molecule has 0 saturated carbocycles. The molecule has 33 heavy (non-hydrogen) atoms. The van der Waals surface area contributed by atoms with Crippen LogP contribution in [0.5, 0.6) is 0 Å². The van der Waals surface area contributed by atoms with Crippen molar-refractivity contribution in [3.8, 4) is 0 Å². The Morgan fingerprint density at radius 1 is 0.909 bits per heavy atom. The first-order chi connectivity index (χ1) is 15.8. The van der Waals surface area contributed by atoms with Crippen molar-refractivity contribution in [2.75, 3.05) is 0 Å². The fourth-order valence-electron chi connectivity index (χ4n) is 4.16. The summed E-state index contributed by atoms with van der Waals surface area (Å²) in [5.41, 5.74) is 5.87. The zero-order chi connectivity index (χ0) is 23.4. The number of aromatic nitrogens is 2. The van der Waals surface area contributed by atoms with Crippen molar-refractivity contribution in [3.63, 3.8) is 0 Å². The standard InChI is InChI=1S/C29H33N3O/c1-21(30-27(33)19-16-22-10-6-5-7-11-22)28-31-25-12-8-9-13-26(25)32(28)20-23-14-17-24(18-15-23)29(2,3)4/h5-15,17-18,21H,16,19-20H2,1-4H3,(H,30,33). The number of fused-ring (bicyclic) bond motifs is 1. The molecule has 0 spiro atoms. The average molecular weight is 440 g/mol. The number of amides is 1. The van der Waals surface area contributed by atoms with Crippen LogP contribution < -0.4 is 5.32 Å². The molecule has 1 amide bonds. The van der Waals surface area contributed by atoms with Crippen LogP contribution in [0.4, 0.5) is 0 Å². The highest BCUT2D eigenvalue weighted by atomic mass is 16.1. The van der Waals surface area contributed by atoms with E-state index >= 15 is 0 Å². The molecule has 0 radical (unpaired) electrons. The first-order valence-corrected chi connectivity index (χ1v) is 11.7. The van der Waals surface area contributed by atoms with Crippen molar-refractivity contribution in [3.05, 3.63) is 101 Å². The molecule has 0 aliphatic heterocycles. The van der Waals surface area contributed by atoms with Gasteiger partial charge in [0.15, 0.2) is 0 Å². The summed E-state index contributed by atoms with van der Waals surface area (Å²) in [5, 5.41) is 3.16. The Labute approximate surface area is 196 Å². The van der Waals surface area contributed by atoms with Gasteiger partial charge in [-0.1, -0.05) is 87.5 Å². The van der Waals surface area contributed by atoms with Gasteiger partial charge in [-0.25, -0.2) is 4.98 Å². The van der Waals surface area contributed by atoms with Gasteiger partial charge in [0.25, 0.3) is 0 Å². The first-order valence-electron chi connectivity index (χ1n) is 11.7. The highest BCUT2D eigenvalue weighted by Gasteiger charge is 2.19. The molecule has 4 rings (SSSR count). The summed E-state index contributed by atoms with van der Waals surface area (Å²) in [6.07, 6.45) is 1.19. The Morgan fingerprint density at radius 3 is 2.27 bits per heavy atom. The van der Waals surface area contributed by atoms with Crippen molar-refractivity contribution in [2.24, 2.45) is 0 Å². The number of carbonyl (C=O) groups excluding carboxylic acids is 1. The number of hydrogen-bond donors (Lipinski definition) is 1. The van der Waals surface area contributed by atoms with Crippen molar-refractivity contribution < 1.29 is 4.79 Å². The van der Waals surface area contributed by atoms with Gasteiger partial charge < -0.3 is 9.88 Å². The molecule has 0 bridgehead atoms. The molecule has 4 heteroatoms. The highest BCUT2D eigenvalue weighted by Crippen LogP contribution is 2.25. The lowest BCUT2D eigenvalue weighted by molar-refractivity contribution is -0.121. The van der Waals surface area contributed by atoms with E-state index in [1.54, 1.807) is 0 Å². The zero-order valence-corrected chi connectivity index (χ0v) is 20.0. The van der Waals surface area contributed by atoms with Gasteiger partial charge in [-0.05, 0) is 47.6 Å². The maximum Gasteiger partial charge on any atom is 0.220 e. The molecule has 170 valence electrons. The van der Waals surface area contributed by atoms with Crippen LogP contribution in [-0.2, 0) is 23.2 Å². The monoisotopic (exact) mass is 439 g/mol. The topological polar surface area (TPSA) is 46.9 Å². The number of hydrogen-bond acceptors (Lipinski definition) is 2.